The molecule has 1 aromatic heterocycles. The molecule has 0 spiro atoms. The molecule has 4 aromatic rings. The Kier molecular flexibility index (Phi) is 3.48. The number of benzene rings is 3. The van der Waals surface area contributed by atoms with E-state index in [-0.39, 0.29) is 0 Å². The summed E-state index contributed by atoms with van der Waals surface area (Å²) in [4.78, 5) is 0. The third-order valence-electron chi connectivity index (χ3n) is 3.95. The van der Waals surface area contributed by atoms with Crippen LogP contribution in [0, 0.1) is 0 Å². The molecular formula is C19H16N4. The number of nitrogens with zero attached hydrogens (tertiary/aromatic N) is 2. The van der Waals surface area contributed by atoms with Crippen LogP contribution in [0.1, 0.15) is 5.56 Å². The van der Waals surface area contributed by atoms with Gasteiger partial charge in [-0.25, -0.2) is 0 Å². The van der Waals surface area contributed by atoms with Crippen LogP contribution in [0.3, 0.4) is 0 Å². The van der Waals surface area contributed by atoms with E-state index in [4.69, 9.17) is 0 Å². The smallest absolute Gasteiger partial charge is 0.0854 e. The SMILES string of the molecule is c1cc(NCc2cccc3ccccc23)cc(-c2cnn[nH]2)c1. The van der Waals surface area contributed by atoms with E-state index in [2.05, 4.69) is 75.3 Å². The van der Waals surface area contributed by atoms with E-state index in [1.807, 2.05) is 12.1 Å². The van der Waals surface area contributed by atoms with Crippen molar-refractivity contribution in [2.45, 2.75) is 6.54 Å². The summed E-state index contributed by atoms with van der Waals surface area (Å²) in [6, 6.07) is 23.1. The van der Waals surface area contributed by atoms with Gasteiger partial charge in [0.25, 0.3) is 0 Å². The van der Waals surface area contributed by atoms with Gasteiger partial charge in [0.1, 0.15) is 0 Å². The summed E-state index contributed by atoms with van der Waals surface area (Å²) < 4.78 is 0. The first kappa shape index (κ1) is 13.5. The molecule has 2 N–H and O–H groups in total. The molecule has 0 bridgehead atoms. The maximum absolute atomic E-state index is 3.83. The standard InChI is InChI=1S/C19H16N4/c1-2-10-18-14(5-1)6-3-8-16(18)12-20-17-9-4-7-15(11-17)19-13-21-23-22-19/h1-11,13,20H,12H2,(H,21,22,23). The third kappa shape index (κ3) is 2.79. The van der Waals surface area contributed by atoms with Gasteiger partial charge in [-0.2, -0.15) is 0 Å². The van der Waals surface area contributed by atoms with Crippen LogP contribution in [0.4, 0.5) is 5.69 Å². The molecule has 3 aromatic carbocycles. The highest BCUT2D eigenvalue weighted by Gasteiger charge is 2.03. The van der Waals surface area contributed by atoms with Crippen molar-refractivity contribution in [3.05, 3.63) is 78.5 Å². The molecule has 0 unspecified atom stereocenters. The molecule has 0 aliphatic rings. The summed E-state index contributed by atoms with van der Waals surface area (Å²) in [7, 11) is 0. The Morgan fingerprint density at radius 3 is 2.70 bits per heavy atom. The first-order chi connectivity index (χ1) is 11.4. The van der Waals surface area contributed by atoms with Gasteiger partial charge in [-0.15, -0.1) is 5.10 Å². The minimum atomic E-state index is 0.784. The summed E-state index contributed by atoms with van der Waals surface area (Å²) in [6.07, 6.45) is 1.73. The van der Waals surface area contributed by atoms with E-state index < -0.39 is 0 Å². The lowest BCUT2D eigenvalue weighted by Crippen LogP contribution is -2.00. The van der Waals surface area contributed by atoms with Crippen LogP contribution in [0.25, 0.3) is 22.0 Å². The largest absolute Gasteiger partial charge is 0.381 e. The zero-order valence-corrected chi connectivity index (χ0v) is 12.5. The van der Waals surface area contributed by atoms with Crippen LogP contribution in [-0.4, -0.2) is 15.4 Å². The number of anilines is 1. The topological polar surface area (TPSA) is 53.6 Å². The molecule has 0 saturated heterocycles. The van der Waals surface area contributed by atoms with Crippen molar-refractivity contribution in [3.63, 3.8) is 0 Å². The molecule has 23 heavy (non-hydrogen) atoms. The van der Waals surface area contributed by atoms with Crippen molar-refractivity contribution < 1.29 is 0 Å². The lowest BCUT2D eigenvalue weighted by molar-refractivity contribution is 0.942. The Balaban J connectivity index is 1.58. The Morgan fingerprint density at radius 1 is 0.913 bits per heavy atom. The summed E-state index contributed by atoms with van der Waals surface area (Å²) in [5.74, 6) is 0. The van der Waals surface area contributed by atoms with E-state index >= 15 is 0 Å². The number of hydrogen-bond donors (Lipinski definition) is 2. The summed E-state index contributed by atoms with van der Waals surface area (Å²) >= 11 is 0. The highest BCUT2D eigenvalue weighted by Crippen LogP contribution is 2.22. The lowest BCUT2D eigenvalue weighted by atomic mass is 10.0. The Labute approximate surface area is 134 Å². The first-order valence-electron chi connectivity index (χ1n) is 7.57. The predicted octanol–water partition coefficient (Wildman–Crippen LogP) is 4.24. The number of nitrogens with one attached hydrogen (secondary N) is 2. The van der Waals surface area contributed by atoms with Gasteiger partial charge in [-0.3, -0.25) is 5.10 Å². The monoisotopic (exact) mass is 300 g/mol. The van der Waals surface area contributed by atoms with E-state index in [0.717, 1.165) is 23.5 Å². The normalized spacial score (nSPS) is 10.8. The van der Waals surface area contributed by atoms with Crippen molar-refractivity contribution in [3.8, 4) is 11.3 Å². The van der Waals surface area contributed by atoms with Crippen molar-refractivity contribution in [2.75, 3.05) is 5.32 Å². The molecule has 1 heterocycles. The van der Waals surface area contributed by atoms with Crippen molar-refractivity contribution in [2.24, 2.45) is 0 Å². The Morgan fingerprint density at radius 2 is 1.78 bits per heavy atom. The minimum absolute atomic E-state index is 0.784. The van der Waals surface area contributed by atoms with Gasteiger partial charge in [-0.05, 0) is 28.5 Å². The van der Waals surface area contributed by atoms with Gasteiger partial charge in [0.2, 0.25) is 0 Å². The van der Waals surface area contributed by atoms with Crippen LogP contribution in [0.2, 0.25) is 0 Å². The molecule has 4 heteroatoms. The van der Waals surface area contributed by atoms with Gasteiger partial charge in [0, 0.05) is 17.8 Å². The lowest BCUT2D eigenvalue weighted by Gasteiger charge is -2.10. The fraction of sp³-hybridized carbons (Fsp3) is 0.0526. The van der Waals surface area contributed by atoms with Crippen LogP contribution in [0.5, 0.6) is 0 Å². The molecule has 0 fully saturated rings. The molecule has 4 nitrogen and oxygen atoms in total. The molecule has 0 atom stereocenters. The molecule has 0 aliphatic heterocycles. The van der Waals surface area contributed by atoms with Crippen LogP contribution in [-0.2, 0) is 6.54 Å². The Hall–Kier alpha value is -3.14. The summed E-state index contributed by atoms with van der Waals surface area (Å²) in [5.41, 5.74) is 4.35. The summed E-state index contributed by atoms with van der Waals surface area (Å²) in [6.45, 7) is 0.784. The van der Waals surface area contributed by atoms with E-state index in [1.165, 1.54) is 16.3 Å². The quantitative estimate of drug-likeness (QED) is 0.593. The fourth-order valence-corrected chi connectivity index (χ4v) is 2.78. The second-order valence-corrected chi connectivity index (χ2v) is 5.44. The number of rotatable bonds is 4. The fourth-order valence-electron chi connectivity index (χ4n) is 2.78. The average molecular weight is 300 g/mol. The first-order valence-corrected chi connectivity index (χ1v) is 7.57. The zero-order chi connectivity index (χ0) is 15.5. The molecule has 0 radical (unpaired) electrons. The molecular weight excluding hydrogens is 284 g/mol. The summed E-state index contributed by atoms with van der Waals surface area (Å²) in [5, 5.41) is 16.5. The minimum Gasteiger partial charge on any atom is -0.381 e. The number of hydrogen-bond acceptors (Lipinski definition) is 3. The van der Waals surface area contributed by atoms with Gasteiger partial charge < -0.3 is 5.32 Å². The van der Waals surface area contributed by atoms with Gasteiger partial charge in [0.15, 0.2) is 0 Å². The number of aromatic nitrogens is 3. The molecule has 0 aliphatic carbocycles. The maximum Gasteiger partial charge on any atom is 0.0854 e. The van der Waals surface area contributed by atoms with Crippen molar-refractivity contribution >= 4 is 16.5 Å². The highest BCUT2D eigenvalue weighted by atomic mass is 15.3. The third-order valence-corrected chi connectivity index (χ3v) is 3.95. The van der Waals surface area contributed by atoms with Crippen molar-refractivity contribution in [1.82, 2.24) is 15.4 Å². The average Bonchev–Trinajstić information content (AvgIpc) is 3.15. The molecule has 112 valence electrons. The second-order valence-electron chi connectivity index (χ2n) is 5.44. The zero-order valence-electron chi connectivity index (χ0n) is 12.5. The van der Waals surface area contributed by atoms with Gasteiger partial charge in [-0.1, -0.05) is 59.8 Å². The Bertz CT molecular complexity index is 924. The predicted molar refractivity (Wildman–Crippen MR) is 93.1 cm³/mol. The number of H-pyrrole nitrogens is 1. The van der Waals surface area contributed by atoms with E-state index in [9.17, 15) is 0 Å². The van der Waals surface area contributed by atoms with Crippen molar-refractivity contribution in [1.29, 1.82) is 0 Å². The van der Waals surface area contributed by atoms with E-state index in [1.54, 1.807) is 6.20 Å². The van der Waals surface area contributed by atoms with Crippen LogP contribution < -0.4 is 5.32 Å². The van der Waals surface area contributed by atoms with E-state index in [0.29, 0.717) is 0 Å². The highest BCUT2D eigenvalue weighted by molar-refractivity contribution is 5.85. The van der Waals surface area contributed by atoms with Crippen LogP contribution >= 0.6 is 0 Å². The molecule has 0 amide bonds. The van der Waals surface area contributed by atoms with Gasteiger partial charge in [0.05, 0.1) is 11.9 Å². The molecule has 0 saturated carbocycles. The maximum atomic E-state index is 3.83. The van der Waals surface area contributed by atoms with Gasteiger partial charge >= 0.3 is 0 Å². The number of aromatic amines is 1. The number of fused-ring (bicyclic) bond motifs is 1. The van der Waals surface area contributed by atoms with Crippen LogP contribution in [0.15, 0.2) is 72.9 Å². The molecule has 4 rings (SSSR count). The second kappa shape index (κ2) is 5.93.